The van der Waals surface area contributed by atoms with Gasteiger partial charge in [0.1, 0.15) is 0 Å². The van der Waals surface area contributed by atoms with Crippen LogP contribution in [0.2, 0.25) is 5.02 Å². The number of β-amino-alcohol motifs (C(OH)–C–C–N with tert-alkyl or cyclic N) is 1. The summed E-state index contributed by atoms with van der Waals surface area (Å²) in [5, 5.41) is 16.5. The van der Waals surface area contributed by atoms with E-state index in [2.05, 4.69) is 14.9 Å². The van der Waals surface area contributed by atoms with Crippen molar-refractivity contribution in [3.63, 3.8) is 0 Å². The predicted molar refractivity (Wildman–Crippen MR) is 84.5 cm³/mol. The predicted octanol–water partition coefficient (Wildman–Crippen LogP) is 1.33. The fourth-order valence-corrected chi connectivity index (χ4v) is 3.44. The van der Waals surface area contributed by atoms with E-state index in [1.807, 2.05) is 44.0 Å². The van der Waals surface area contributed by atoms with Gasteiger partial charge in [-0.25, -0.2) is 0 Å². The van der Waals surface area contributed by atoms with Gasteiger partial charge in [-0.1, -0.05) is 17.7 Å². The first-order valence-electron chi connectivity index (χ1n) is 7.14. The van der Waals surface area contributed by atoms with E-state index < -0.39 is 0 Å². The monoisotopic (exact) mass is 308 g/mol. The molecule has 2 heterocycles. The first-order valence-corrected chi connectivity index (χ1v) is 7.52. The number of benzene rings is 1. The Kier molecular flexibility index (Phi) is 3.92. The second-order valence-electron chi connectivity index (χ2n) is 6.00. The van der Waals surface area contributed by atoms with Crippen molar-refractivity contribution < 1.29 is 5.11 Å². The molecule has 0 unspecified atom stereocenters. The molecule has 1 aromatic carbocycles. The molecule has 0 amide bonds. The van der Waals surface area contributed by atoms with Gasteiger partial charge in [-0.2, -0.15) is 5.10 Å². The molecule has 0 spiro atoms. The second-order valence-corrected chi connectivity index (χ2v) is 6.40. The highest BCUT2D eigenvalue weighted by Gasteiger charge is 2.33. The van der Waals surface area contributed by atoms with Crippen LogP contribution in [0.15, 0.2) is 18.2 Å². The zero-order valence-corrected chi connectivity index (χ0v) is 13.4. The zero-order chi connectivity index (χ0) is 15.1. The van der Waals surface area contributed by atoms with Crippen LogP contribution in [0.3, 0.4) is 0 Å². The summed E-state index contributed by atoms with van der Waals surface area (Å²) < 4.78 is 1.87. The van der Waals surface area contributed by atoms with Gasteiger partial charge in [0.25, 0.3) is 0 Å². The Morgan fingerprint density at radius 1 is 1.38 bits per heavy atom. The number of nitrogens with zero attached hydrogens (tertiary/aromatic N) is 4. The van der Waals surface area contributed by atoms with Gasteiger partial charge in [0.05, 0.1) is 22.3 Å². The van der Waals surface area contributed by atoms with Gasteiger partial charge in [0, 0.05) is 38.1 Å². The minimum absolute atomic E-state index is 0.176. The zero-order valence-electron chi connectivity index (χ0n) is 12.6. The van der Waals surface area contributed by atoms with E-state index in [0.29, 0.717) is 13.1 Å². The fraction of sp³-hybridized carbons (Fsp3) is 0.533. The summed E-state index contributed by atoms with van der Waals surface area (Å²) in [6.45, 7) is 2.23. The molecule has 0 saturated carbocycles. The summed E-state index contributed by atoms with van der Waals surface area (Å²) in [6.07, 6.45) is -0.314. The molecule has 21 heavy (non-hydrogen) atoms. The average Bonchev–Trinajstić information content (AvgIpc) is 2.93. The van der Waals surface area contributed by atoms with Gasteiger partial charge in [-0.05, 0) is 26.2 Å². The molecule has 1 saturated heterocycles. The van der Waals surface area contributed by atoms with Gasteiger partial charge in [-0.15, -0.1) is 0 Å². The van der Waals surface area contributed by atoms with Crippen LogP contribution in [0.25, 0.3) is 10.9 Å². The normalized spacial score (nSPS) is 23.5. The highest BCUT2D eigenvalue weighted by Crippen LogP contribution is 2.28. The van der Waals surface area contributed by atoms with Crippen LogP contribution in [0, 0.1) is 0 Å². The molecule has 114 valence electrons. The lowest BCUT2D eigenvalue weighted by Crippen LogP contribution is -2.37. The molecule has 0 bridgehead atoms. The Hall–Kier alpha value is -1.14. The second kappa shape index (κ2) is 5.57. The number of rotatable bonds is 3. The summed E-state index contributed by atoms with van der Waals surface area (Å²) in [6, 6.07) is 6.04. The topological polar surface area (TPSA) is 44.5 Å². The molecular formula is C15H21ClN4O. The fourth-order valence-electron chi connectivity index (χ4n) is 3.16. The summed E-state index contributed by atoms with van der Waals surface area (Å²) >= 11 is 6.34. The number of hydrogen-bond donors (Lipinski definition) is 1. The third kappa shape index (κ3) is 2.66. The number of aromatic nitrogens is 2. The minimum Gasteiger partial charge on any atom is -0.390 e. The number of aliphatic hydroxyl groups is 1. The van der Waals surface area contributed by atoms with Crippen molar-refractivity contribution in [1.29, 1.82) is 0 Å². The maximum atomic E-state index is 10.1. The first-order chi connectivity index (χ1) is 9.97. The van der Waals surface area contributed by atoms with Crippen molar-refractivity contribution in [3.05, 3.63) is 28.9 Å². The van der Waals surface area contributed by atoms with Crippen LogP contribution in [0.5, 0.6) is 0 Å². The van der Waals surface area contributed by atoms with Crippen molar-refractivity contribution >= 4 is 22.5 Å². The third-order valence-electron chi connectivity index (χ3n) is 4.27. The number of likely N-dealkylation sites (tertiary alicyclic amines) is 1. The summed E-state index contributed by atoms with van der Waals surface area (Å²) in [4.78, 5) is 4.31. The van der Waals surface area contributed by atoms with Crippen LogP contribution in [0.1, 0.15) is 5.69 Å². The number of fused-ring (bicyclic) bond motifs is 1. The van der Waals surface area contributed by atoms with E-state index in [-0.39, 0.29) is 12.1 Å². The van der Waals surface area contributed by atoms with Gasteiger partial charge in [-0.3, -0.25) is 9.58 Å². The molecule has 0 radical (unpaired) electrons. The van der Waals surface area contributed by atoms with Gasteiger partial charge in [0.2, 0.25) is 0 Å². The number of halogens is 1. The van der Waals surface area contributed by atoms with Crippen LogP contribution in [0.4, 0.5) is 0 Å². The summed E-state index contributed by atoms with van der Waals surface area (Å²) in [5.74, 6) is 0. The molecular weight excluding hydrogens is 288 g/mol. The molecule has 1 aliphatic heterocycles. The molecule has 1 fully saturated rings. The minimum atomic E-state index is -0.314. The van der Waals surface area contributed by atoms with Crippen LogP contribution >= 0.6 is 11.6 Å². The molecule has 0 aliphatic carbocycles. The van der Waals surface area contributed by atoms with Crippen molar-refractivity contribution in [1.82, 2.24) is 19.6 Å². The molecule has 1 aliphatic rings. The number of hydrogen-bond acceptors (Lipinski definition) is 4. The molecule has 3 rings (SSSR count). The molecule has 1 aromatic heterocycles. The van der Waals surface area contributed by atoms with Crippen LogP contribution < -0.4 is 0 Å². The van der Waals surface area contributed by atoms with Crippen molar-refractivity contribution in [2.75, 3.05) is 27.2 Å². The van der Waals surface area contributed by atoms with Crippen LogP contribution in [-0.4, -0.2) is 64.0 Å². The molecule has 2 aromatic rings. The van der Waals surface area contributed by atoms with E-state index in [1.165, 1.54) is 0 Å². The third-order valence-corrected chi connectivity index (χ3v) is 4.59. The largest absolute Gasteiger partial charge is 0.390 e. The standard InChI is InChI=1S/C15H21ClN4O/c1-18(2)13-8-20(9-14(13)21)7-11-15-10(16)5-4-6-12(15)19(3)17-11/h4-6,13-14,21H,7-9H2,1-3H3/t13-,14-/m1/s1. The highest BCUT2D eigenvalue weighted by atomic mass is 35.5. The Labute approximate surface area is 129 Å². The lowest BCUT2D eigenvalue weighted by molar-refractivity contribution is 0.112. The number of aryl methyl sites for hydroxylation is 1. The van der Waals surface area contributed by atoms with Crippen molar-refractivity contribution in [3.8, 4) is 0 Å². The first kappa shape index (κ1) is 14.8. The average molecular weight is 309 g/mol. The van der Waals surface area contributed by atoms with E-state index >= 15 is 0 Å². The number of likely N-dealkylation sites (N-methyl/N-ethyl adjacent to an activating group) is 1. The maximum Gasteiger partial charge on any atom is 0.0858 e. The molecule has 2 atom stereocenters. The smallest absolute Gasteiger partial charge is 0.0858 e. The van der Waals surface area contributed by atoms with Crippen molar-refractivity contribution in [2.24, 2.45) is 7.05 Å². The lowest BCUT2D eigenvalue weighted by atomic mass is 10.2. The lowest BCUT2D eigenvalue weighted by Gasteiger charge is -2.21. The quantitative estimate of drug-likeness (QED) is 0.929. The molecule has 1 N–H and O–H groups in total. The van der Waals surface area contributed by atoms with Crippen molar-refractivity contribution in [2.45, 2.75) is 18.7 Å². The Morgan fingerprint density at radius 3 is 2.81 bits per heavy atom. The Bertz CT molecular complexity index is 654. The van der Waals surface area contributed by atoms with Gasteiger partial charge < -0.3 is 10.0 Å². The van der Waals surface area contributed by atoms with Crippen LogP contribution in [-0.2, 0) is 13.6 Å². The summed E-state index contributed by atoms with van der Waals surface area (Å²) in [5.41, 5.74) is 2.02. The molecule has 5 nitrogen and oxygen atoms in total. The van der Waals surface area contributed by atoms with E-state index in [9.17, 15) is 5.11 Å². The van der Waals surface area contributed by atoms with E-state index in [1.54, 1.807) is 0 Å². The SMILES string of the molecule is CN(C)[C@@H]1CN(Cc2nn(C)c3cccc(Cl)c23)C[C@H]1O. The number of aliphatic hydroxyl groups excluding tert-OH is 1. The van der Waals surface area contributed by atoms with Gasteiger partial charge in [0.15, 0.2) is 0 Å². The Balaban J connectivity index is 1.87. The Morgan fingerprint density at radius 2 is 2.14 bits per heavy atom. The molecule has 6 heteroatoms. The van der Waals surface area contributed by atoms with Gasteiger partial charge >= 0.3 is 0 Å². The maximum absolute atomic E-state index is 10.1. The van der Waals surface area contributed by atoms with E-state index in [0.717, 1.165) is 28.2 Å². The summed E-state index contributed by atoms with van der Waals surface area (Å²) in [7, 11) is 5.94. The highest BCUT2D eigenvalue weighted by molar-refractivity contribution is 6.35. The van der Waals surface area contributed by atoms with E-state index in [4.69, 9.17) is 11.6 Å².